The molecule has 0 aliphatic heterocycles. The highest BCUT2D eigenvalue weighted by Gasteiger charge is 2.36. The lowest BCUT2D eigenvalue weighted by Gasteiger charge is -2.32. The van der Waals surface area contributed by atoms with Crippen LogP contribution in [-0.4, -0.2) is 0 Å². The van der Waals surface area contributed by atoms with Crippen molar-refractivity contribution in [3.8, 4) is 11.1 Å². The van der Waals surface area contributed by atoms with Crippen LogP contribution in [0.2, 0.25) is 0 Å². The highest BCUT2D eigenvalue weighted by atomic mass is 14.4. The zero-order chi connectivity index (χ0) is 30.7. The molecule has 0 fully saturated rings. The Morgan fingerprint density at radius 2 is 1.21 bits per heavy atom. The molecule has 0 saturated carbocycles. The van der Waals surface area contributed by atoms with Crippen molar-refractivity contribution in [3.05, 3.63) is 147 Å². The molecular weight excluding hydrogens is 516 g/mol. The first-order chi connectivity index (χ1) is 20.2. The van der Waals surface area contributed by atoms with E-state index in [1.807, 2.05) is 0 Å². The highest BCUT2D eigenvalue weighted by Crippen LogP contribution is 2.52. The van der Waals surface area contributed by atoms with Gasteiger partial charge in [0.05, 0.1) is 0 Å². The summed E-state index contributed by atoms with van der Waals surface area (Å²) in [7, 11) is 0. The first-order valence-corrected chi connectivity index (χ1v) is 16.1. The summed E-state index contributed by atoms with van der Waals surface area (Å²) in [5.41, 5.74) is 17.5. The van der Waals surface area contributed by atoms with Gasteiger partial charge in [-0.2, -0.15) is 0 Å². The van der Waals surface area contributed by atoms with Crippen molar-refractivity contribution < 1.29 is 0 Å². The molecule has 0 atom stereocenters. The molecule has 0 nitrogen and oxygen atoms in total. The van der Waals surface area contributed by atoms with E-state index in [-0.39, 0.29) is 22.2 Å². The van der Waals surface area contributed by atoms with E-state index in [2.05, 4.69) is 159 Å². The van der Waals surface area contributed by atoms with E-state index >= 15 is 0 Å². The van der Waals surface area contributed by atoms with Crippen LogP contribution in [0.15, 0.2) is 103 Å². The molecule has 0 bridgehead atoms. The normalized spacial score (nSPS) is 14.9. The minimum atomic E-state index is -0.0211. The van der Waals surface area contributed by atoms with Crippen LogP contribution in [0.4, 0.5) is 0 Å². The number of hydrogen-bond acceptors (Lipinski definition) is 0. The first-order valence-electron chi connectivity index (χ1n) is 16.1. The Morgan fingerprint density at radius 1 is 0.605 bits per heavy atom. The predicted octanol–water partition coefficient (Wildman–Crippen LogP) is 11.8. The topological polar surface area (TPSA) is 0 Å². The quantitative estimate of drug-likeness (QED) is 0.190. The summed E-state index contributed by atoms with van der Waals surface area (Å²) in [5.74, 6) is 0.143. The second kappa shape index (κ2) is 10.5. The van der Waals surface area contributed by atoms with Crippen LogP contribution in [-0.2, 0) is 17.3 Å². The Labute approximate surface area is 260 Å². The molecule has 0 radical (unpaired) electrons. The molecule has 0 N–H and O–H groups in total. The summed E-state index contributed by atoms with van der Waals surface area (Å²) in [6.07, 6.45) is 6.96. The lowest BCUT2D eigenvalue weighted by molar-refractivity contribution is 0.518. The molecule has 0 amide bonds. The molecule has 0 heteroatoms. The SMILES string of the molecule is CC(C)(C)C1=CCC(c2c(C(C)(C)C)cc3c(c2C(c2ccccc2)c2ccccc2)Cc2ccc(C(C)(C)C)cc2-3)=C1. The second-order valence-electron chi connectivity index (χ2n) is 15.8. The molecule has 6 rings (SSSR count). The van der Waals surface area contributed by atoms with Gasteiger partial charge in [-0.15, -0.1) is 0 Å². The van der Waals surface area contributed by atoms with Crippen LogP contribution in [0.3, 0.4) is 0 Å². The van der Waals surface area contributed by atoms with Gasteiger partial charge in [-0.25, -0.2) is 0 Å². The van der Waals surface area contributed by atoms with Gasteiger partial charge in [0, 0.05) is 5.92 Å². The summed E-state index contributed by atoms with van der Waals surface area (Å²) in [5, 5.41) is 0. The number of hydrogen-bond donors (Lipinski definition) is 0. The second-order valence-corrected chi connectivity index (χ2v) is 15.8. The Balaban J connectivity index is 1.73. The maximum absolute atomic E-state index is 2.58. The standard InChI is InChI=1S/C43H48/c1-41(2,3)32-23-21-31(24-32)39-37(43(7,8)9)27-35-34-26-33(42(4,5)6)22-20-30(34)25-36(35)40(39)38(28-16-12-10-13-17-28)29-18-14-11-15-19-29/h10-20,22-24,26-27,38H,21,25H2,1-9H3. The minimum absolute atomic E-state index is 0.0211. The van der Waals surface area contributed by atoms with Gasteiger partial charge in [-0.05, 0) is 102 Å². The molecule has 0 saturated heterocycles. The molecular formula is C43H48. The third kappa shape index (κ3) is 5.46. The van der Waals surface area contributed by atoms with Crippen LogP contribution < -0.4 is 0 Å². The van der Waals surface area contributed by atoms with E-state index in [4.69, 9.17) is 0 Å². The van der Waals surface area contributed by atoms with E-state index in [0.29, 0.717) is 0 Å². The monoisotopic (exact) mass is 564 g/mol. The van der Waals surface area contributed by atoms with E-state index in [9.17, 15) is 0 Å². The van der Waals surface area contributed by atoms with E-state index in [1.54, 1.807) is 0 Å². The molecule has 43 heavy (non-hydrogen) atoms. The van der Waals surface area contributed by atoms with Crippen LogP contribution in [0.5, 0.6) is 0 Å². The average Bonchev–Trinajstić information content (AvgIpc) is 3.58. The molecule has 0 unspecified atom stereocenters. The van der Waals surface area contributed by atoms with Gasteiger partial charge in [0.15, 0.2) is 0 Å². The van der Waals surface area contributed by atoms with E-state index in [0.717, 1.165) is 12.8 Å². The first kappa shape index (κ1) is 29.4. The molecule has 4 aromatic carbocycles. The molecule has 0 aromatic heterocycles. The molecule has 2 aliphatic carbocycles. The Kier molecular flexibility index (Phi) is 7.20. The van der Waals surface area contributed by atoms with Crippen molar-refractivity contribution in [2.45, 2.75) is 91.9 Å². The van der Waals surface area contributed by atoms with Crippen LogP contribution in [0.25, 0.3) is 16.7 Å². The fourth-order valence-electron chi connectivity index (χ4n) is 7.11. The number of fused-ring (bicyclic) bond motifs is 3. The van der Waals surface area contributed by atoms with Gasteiger partial charge in [0.25, 0.3) is 0 Å². The van der Waals surface area contributed by atoms with Gasteiger partial charge in [0.1, 0.15) is 0 Å². The smallest absolute Gasteiger partial charge is 0.0349 e. The Morgan fingerprint density at radius 3 is 1.72 bits per heavy atom. The summed E-state index contributed by atoms with van der Waals surface area (Å²) < 4.78 is 0. The summed E-state index contributed by atoms with van der Waals surface area (Å²) in [4.78, 5) is 0. The van der Waals surface area contributed by atoms with Crippen LogP contribution >= 0.6 is 0 Å². The minimum Gasteiger partial charge on any atom is -0.0763 e. The van der Waals surface area contributed by atoms with Crippen LogP contribution in [0, 0.1) is 5.41 Å². The Hall–Kier alpha value is -3.64. The molecule has 0 spiro atoms. The highest BCUT2D eigenvalue weighted by molar-refractivity contribution is 5.87. The lowest BCUT2D eigenvalue weighted by atomic mass is 9.71. The van der Waals surface area contributed by atoms with Gasteiger partial charge in [-0.3, -0.25) is 0 Å². The van der Waals surface area contributed by atoms with Gasteiger partial charge >= 0.3 is 0 Å². The van der Waals surface area contributed by atoms with E-state index < -0.39 is 0 Å². The lowest BCUT2D eigenvalue weighted by Crippen LogP contribution is -2.19. The Bertz CT molecular complexity index is 1680. The summed E-state index contributed by atoms with van der Waals surface area (Å²) >= 11 is 0. The largest absolute Gasteiger partial charge is 0.0763 e. The van der Waals surface area contributed by atoms with Crippen LogP contribution in [0.1, 0.15) is 119 Å². The van der Waals surface area contributed by atoms with Crippen molar-refractivity contribution in [1.82, 2.24) is 0 Å². The maximum atomic E-state index is 2.58. The van der Waals surface area contributed by atoms with Crippen molar-refractivity contribution in [2.24, 2.45) is 5.41 Å². The van der Waals surface area contributed by atoms with Gasteiger partial charge < -0.3 is 0 Å². The van der Waals surface area contributed by atoms with Crippen molar-refractivity contribution >= 4 is 5.57 Å². The van der Waals surface area contributed by atoms with Crippen molar-refractivity contribution in [2.75, 3.05) is 0 Å². The summed E-state index contributed by atoms with van der Waals surface area (Å²) in [6.45, 7) is 21.2. The zero-order valence-electron chi connectivity index (χ0n) is 27.7. The number of benzene rings is 4. The maximum Gasteiger partial charge on any atom is 0.0349 e. The number of allylic oxidation sites excluding steroid dienone is 4. The fraction of sp³-hybridized carbons (Fsp3) is 0.349. The third-order valence-electron chi connectivity index (χ3n) is 9.53. The molecule has 220 valence electrons. The van der Waals surface area contributed by atoms with E-state index in [1.165, 1.54) is 66.8 Å². The van der Waals surface area contributed by atoms with Gasteiger partial charge in [0.2, 0.25) is 0 Å². The van der Waals surface area contributed by atoms with Crippen molar-refractivity contribution in [3.63, 3.8) is 0 Å². The van der Waals surface area contributed by atoms with Gasteiger partial charge in [-0.1, -0.05) is 153 Å². The molecule has 2 aliphatic rings. The molecule has 4 aromatic rings. The average molecular weight is 565 g/mol. The molecule has 0 heterocycles. The predicted molar refractivity (Wildman–Crippen MR) is 186 cm³/mol. The third-order valence-corrected chi connectivity index (χ3v) is 9.53. The summed E-state index contributed by atoms with van der Waals surface area (Å²) in [6, 6.07) is 32.3. The van der Waals surface area contributed by atoms with Crippen molar-refractivity contribution in [1.29, 1.82) is 0 Å². The zero-order valence-corrected chi connectivity index (χ0v) is 27.7. The number of rotatable bonds is 4. The fourth-order valence-corrected chi connectivity index (χ4v) is 7.11.